The van der Waals surface area contributed by atoms with Gasteiger partial charge >= 0.3 is 5.97 Å². The van der Waals surface area contributed by atoms with Crippen molar-refractivity contribution in [2.75, 3.05) is 0 Å². The van der Waals surface area contributed by atoms with Gasteiger partial charge in [-0.15, -0.1) is 0 Å². The summed E-state index contributed by atoms with van der Waals surface area (Å²) in [5.41, 5.74) is 0. The summed E-state index contributed by atoms with van der Waals surface area (Å²) < 4.78 is 0. The molecule has 2 N–H and O–H groups in total. The Bertz CT molecular complexity index is 667. The number of carboxylic acids is 1. The van der Waals surface area contributed by atoms with Crippen LogP contribution in [0.3, 0.4) is 0 Å². The maximum Gasteiger partial charge on any atom is 0.303 e. The third-order valence-corrected chi connectivity index (χ3v) is 6.19. The maximum atomic E-state index is 10.5. The predicted molar refractivity (Wildman–Crippen MR) is 162 cm³/mol. The van der Waals surface area contributed by atoms with Crippen molar-refractivity contribution in [1.29, 1.82) is 0 Å². The monoisotopic (exact) mass is 512 g/mol. The van der Waals surface area contributed by atoms with Gasteiger partial charge in [0.2, 0.25) is 0 Å². The number of aliphatic carboxylic acids is 1. The number of allylic oxidation sites excluding steroid dienone is 10. The maximum absolute atomic E-state index is 10.5. The average molecular weight is 513 g/mol. The molecule has 0 aromatic carbocycles. The highest BCUT2D eigenvalue weighted by Crippen LogP contribution is 2.13. The normalized spacial score (nSPS) is 13.6. The second-order valence-corrected chi connectivity index (χ2v) is 9.79. The summed E-state index contributed by atoms with van der Waals surface area (Å²) in [6.45, 7) is 2.09. The average Bonchev–Trinajstić information content (AvgIpc) is 2.88. The second-order valence-electron chi connectivity index (χ2n) is 9.79. The highest BCUT2D eigenvalue weighted by Gasteiger charge is 1.97. The Labute approximate surface area is 228 Å². The molecule has 0 amide bonds. The van der Waals surface area contributed by atoms with E-state index < -0.39 is 12.1 Å². The molecule has 0 aliphatic carbocycles. The van der Waals surface area contributed by atoms with Crippen molar-refractivity contribution in [3.63, 3.8) is 0 Å². The molecule has 0 heterocycles. The first-order valence-electron chi connectivity index (χ1n) is 15.0. The zero-order valence-corrected chi connectivity index (χ0v) is 23.7. The van der Waals surface area contributed by atoms with Crippen molar-refractivity contribution in [2.24, 2.45) is 0 Å². The summed E-state index contributed by atoms with van der Waals surface area (Å²) in [6, 6.07) is 0. The third-order valence-electron chi connectivity index (χ3n) is 6.19. The van der Waals surface area contributed by atoms with E-state index in [1.165, 1.54) is 70.6 Å². The molecule has 0 fully saturated rings. The van der Waals surface area contributed by atoms with E-state index in [9.17, 15) is 9.90 Å². The molecular weight excluding hydrogens is 456 g/mol. The van der Waals surface area contributed by atoms with E-state index in [1.807, 2.05) is 24.3 Å². The molecule has 0 saturated heterocycles. The fraction of sp³-hybridized carbons (Fsp3) is 0.618. The van der Waals surface area contributed by atoms with Crippen LogP contribution in [0.5, 0.6) is 0 Å². The molecule has 0 aliphatic heterocycles. The van der Waals surface area contributed by atoms with Gasteiger partial charge in [-0.2, -0.15) is 0 Å². The highest BCUT2D eigenvalue weighted by molar-refractivity contribution is 5.66. The van der Waals surface area contributed by atoms with E-state index in [4.69, 9.17) is 5.11 Å². The van der Waals surface area contributed by atoms with Gasteiger partial charge in [-0.3, -0.25) is 4.79 Å². The Hall–Kier alpha value is -2.13. The van der Waals surface area contributed by atoms with Gasteiger partial charge in [0.05, 0.1) is 6.10 Å². The van der Waals surface area contributed by atoms with Gasteiger partial charge in [-0.1, -0.05) is 144 Å². The van der Waals surface area contributed by atoms with Gasteiger partial charge in [0.25, 0.3) is 0 Å². The number of hydrogen-bond acceptors (Lipinski definition) is 2. The lowest BCUT2D eigenvalue weighted by atomic mass is 10.0. The van der Waals surface area contributed by atoms with Crippen molar-refractivity contribution in [3.05, 3.63) is 72.9 Å². The minimum atomic E-state index is -0.665. The third kappa shape index (κ3) is 31.8. The zero-order chi connectivity index (χ0) is 27.1. The predicted octanol–water partition coefficient (Wildman–Crippen LogP) is 10.2. The Kier molecular flexibility index (Phi) is 28.4. The minimum absolute atomic E-state index is 0.328. The van der Waals surface area contributed by atoms with E-state index in [2.05, 4.69) is 55.5 Å². The quantitative estimate of drug-likeness (QED) is 0.0688. The largest absolute Gasteiger partial charge is 0.481 e. The van der Waals surface area contributed by atoms with Gasteiger partial charge in [-0.25, -0.2) is 0 Å². The smallest absolute Gasteiger partial charge is 0.303 e. The molecule has 3 nitrogen and oxygen atoms in total. The molecule has 1 atom stereocenters. The van der Waals surface area contributed by atoms with Crippen LogP contribution in [0.25, 0.3) is 0 Å². The lowest BCUT2D eigenvalue weighted by molar-refractivity contribution is -0.137. The van der Waals surface area contributed by atoms with Crippen LogP contribution >= 0.6 is 0 Å². The van der Waals surface area contributed by atoms with Crippen molar-refractivity contribution in [1.82, 2.24) is 0 Å². The van der Waals surface area contributed by atoms with Gasteiger partial charge in [0.1, 0.15) is 0 Å². The number of aliphatic hydroxyl groups is 1. The van der Waals surface area contributed by atoms with Crippen LogP contribution in [0.15, 0.2) is 72.9 Å². The van der Waals surface area contributed by atoms with E-state index in [0.29, 0.717) is 12.8 Å². The molecular formula is C34H56O3. The van der Waals surface area contributed by atoms with Crippen LogP contribution in [0.4, 0.5) is 0 Å². The molecule has 0 spiro atoms. The summed E-state index contributed by atoms with van der Waals surface area (Å²) in [5.74, 6) is -0.665. The topological polar surface area (TPSA) is 57.5 Å². The van der Waals surface area contributed by atoms with Crippen LogP contribution in [0.1, 0.15) is 129 Å². The SMILES string of the molecule is CC/C=C\CC(O)/C=C/C=C\C/C=C\C/C=C\C/C=C\CCCCCCCCCCCCCCC(=O)O. The van der Waals surface area contributed by atoms with Crippen LogP contribution in [0, 0.1) is 0 Å². The molecule has 0 aromatic rings. The van der Waals surface area contributed by atoms with Crippen LogP contribution in [-0.2, 0) is 4.79 Å². The van der Waals surface area contributed by atoms with E-state index in [-0.39, 0.29) is 0 Å². The number of rotatable bonds is 26. The Balaban J connectivity index is 3.41. The molecule has 0 saturated carbocycles. The lowest BCUT2D eigenvalue weighted by Gasteiger charge is -2.02. The number of aliphatic hydroxyl groups excluding tert-OH is 1. The summed E-state index contributed by atoms with van der Waals surface area (Å²) in [6.07, 6.45) is 46.2. The molecule has 1 unspecified atom stereocenters. The Morgan fingerprint density at radius 1 is 0.595 bits per heavy atom. The molecule has 0 radical (unpaired) electrons. The van der Waals surface area contributed by atoms with Gasteiger partial charge < -0.3 is 10.2 Å². The van der Waals surface area contributed by atoms with Gasteiger partial charge in [0, 0.05) is 6.42 Å². The first-order valence-corrected chi connectivity index (χ1v) is 15.0. The van der Waals surface area contributed by atoms with Gasteiger partial charge in [-0.05, 0) is 51.4 Å². The second kappa shape index (κ2) is 30.1. The van der Waals surface area contributed by atoms with Crippen molar-refractivity contribution in [3.8, 4) is 0 Å². The molecule has 0 aliphatic rings. The molecule has 3 heteroatoms. The first-order chi connectivity index (χ1) is 18.2. The van der Waals surface area contributed by atoms with Crippen molar-refractivity contribution >= 4 is 5.97 Å². The van der Waals surface area contributed by atoms with E-state index >= 15 is 0 Å². The van der Waals surface area contributed by atoms with E-state index in [0.717, 1.165) is 38.5 Å². The number of carboxylic acid groups (broad SMARTS) is 1. The molecule has 37 heavy (non-hydrogen) atoms. The van der Waals surface area contributed by atoms with Crippen LogP contribution in [-0.4, -0.2) is 22.3 Å². The Morgan fingerprint density at radius 3 is 1.62 bits per heavy atom. The fourth-order valence-corrected chi connectivity index (χ4v) is 3.97. The molecule has 0 aromatic heterocycles. The number of carbonyl (C=O) groups is 1. The van der Waals surface area contributed by atoms with Crippen molar-refractivity contribution < 1.29 is 15.0 Å². The number of unbranched alkanes of at least 4 members (excludes halogenated alkanes) is 12. The highest BCUT2D eigenvalue weighted by atomic mass is 16.4. The standard InChI is InChI=1S/C34H56O3/c1-2-3-27-30-33(35)31-28-25-23-21-19-17-15-13-11-9-7-5-4-6-8-10-12-14-16-18-20-22-24-26-29-32-34(36)37/h3,5,7,11,13,17,19,23,25,27-28,31,33,35H,2,4,6,8-10,12,14-16,18,20-22,24,26,29-30,32H2,1H3,(H,36,37)/b7-5-,13-11-,19-17-,25-23-,27-3-,31-28+. The lowest BCUT2D eigenvalue weighted by Crippen LogP contribution is -1.98. The summed E-state index contributed by atoms with van der Waals surface area (Å²) in [4.78, 5) is 10.5. The minimum Gasteiger partial charge on any atom is -0.481 e. The van der Waals surface area contributed by atoms with Gasteiger partial charge in [0.15, 0.2) is 0 Å². The zero-order valence-electron chi connectivity index (χ0n) is 23.7. The van der Waals surface area contributed by atoms with Crippen LogP contribution in [0.2, 0.25) is 0 Å². The van der Waals surface area contributed by atoms with E-state index in [1.54, 1.807) is 0 Å². The Morgan fingerprint density at radius 2 is 1.08 bits per heavy atom. The summed E-state index contributed by atoms with van der Waals surface area (Å²) in [5, 5.41) is 18.4. The molecule has 210 valence electrons. The molecule has 0 rings (SSSR count). The first kappa shape index (κ1) is 34.9. The summed E-state index contributed by atoms with van der Waals surface area (Å²) >= 11 is 0. The number of hydrogen-bond donors (Lipinski definition) is 2. The van der Waals surface area contributed by atoms with Crippen LogP contribution < -0.4 is 0 Å². The molecule has 0 bridgehead atoms. The van der Waals surface area contributed by atoms with Crippen molar-refractivity contribution in [2.45, 2.75) is 135 Å². The fourth-order valence-electron chi connectivity index (χ4n) is 3.97. The summed E-state index contributed by atoms with van der Waals surface area (Å²) in [7, 11) is 0.